The van der Waals surface area contributed by atoms with Crippen LogP contribution in [-0.2, 0) is 22.6 Å². The lowest BCUT2D eigenvalue weighted by Gasteiger charge is -2.06. The van der Waals surface area contributed by atoms with Crippen LogP contribution in [0.4, 0.5) is 5.13 Å². The molecule has 7 nitrogen and oxygen atoms in total. The van der Waals surface area contributed by atoms with Crippen molar-refractivity contribution < 1.29 is 19.1 Å². The molecule has 0 spiro atoms. The summed E-state index contributed by atoms with van der Waals surface area (Å²) in [6.45, 7) is 2.49. The lowest BCUT2D eigenvalue weighted by molar-refractivity contribution is -0.121. The van der Waals surface area contributed by atoms with Crippen molar-refractivity contribution in [1.29, 1.82) is 0 Å². The quantitative estimate of drug-likeness (QED) is 0.620. The van der Waals surface area contributed by atoms with Crippen molar-refractivity contribution in [2.45, 2.75) is 32.7 Å². The van der Waals surface area contributed by atoms with Gasteiger partial charge < -0.3 is 20.1 Å². The van der Waals surface area contributed by atoms with E-state index in [2.05, 4.69) is 15.6 Å². The van der Waals surface area contributed by atoms with Gasteiger partial charge in [0.25, 0.3) is 0 Å². The van der Waals surface area contributed by atoms with Crippen LogP contribution in [0, 0.1) is 0 Å². The van der Waals surface area contributed by atoms with Gasteiger partial charge in [-0.15, -0.1) is 0 Å². The van der Waals surface area contributed by atoms with Gasteiger partial charge in [-0.05, 0) is 41.8 Å². The zero-order chi connectivity index (χ0) is 20.2. The Kier molecular flexibility index (Phi) is 5.62. The molecule has 0 bridgehead atoms. The molecule has 2 N–H and O–H groups in total. The molecule has 0 saturated carbocycles. The monoisotopic (exact) mass is 411 g/mol. The fourth-order valence-electron chi connectivity index (χ4n) is 2.98. The number of hydrogen-bond donors (Lipinski definition) is 2. The molecule has 1 aliphatic heterocycles. The Morgan fingerprint density at radius 2 is 1.90 bits per heavy atom. The van der Waals surface area contributed by atoms with Gasteiger partial charge in [-0.1, -0.05) is 30.4 Å². The van der Waals surface area contributed by atoms with Crippen LogP contribution in [0.25, 0.3) is 10.2 Å². The maximum absolute atomic E-state index is 12.2. The molecule has 4 rings (SSSR count). The average Bonchev–Trinajstić information content (AvgIpc) is 3.35. The number of ether oxygens (including phenoxy) is 2. The molecule has 0 aliphatic carbocycles. The van der Waals surface area contributed by atoms with E-state index in [-0.39, 0.29) is 18.6 Å². The van der Waals surface area contributed by atoms with Crippen LogP contribution >= 0.6 is 11.3 Å². The smallest absolute Gasteiger partial charge is 0.231 e. The van der Waals surface area contributed by atoms with Crippen LogP contribution in [0.2, 0.25) is 0 Å². The molecule has 1 aliphatic rings. The lowest BCUT2D eigenvalue weighted by Crippen LogP contribution is -2.22. The summed E-state index contributed by atoms with van der Waals surface area (Å²) in [6.07, 6.45) is 1.45. The predicted molar refractivity (Wildman–Crippen MR) is 111 cm³/mol. The Labute approximate surface area is 172 Å². The molecule has 2 aromatic carbocycles. The number of nitrogens with zero attached hydrogens (tertiary/aromatic N) is 1. The average molecular weight is 411 g/mol. The van der Waals surface area contributed by atoms with E-state index in [9.17, 15) is 9.59 Å². The summed E-state index contributed by atoms with van der Waals surface area (Å²) in [6, 6.07) is 11.6. The molecule has 0 radical (unpaired) electrons. The minimum Gasteiger partial charge on any atom is -0.454 e. The number of anilines is 1. The molecule has 0 fully saturated rings. The summed E-state index contributed by atoms with van der Waals surface area (Å²) >= 11 is 1.44. The third-order valence-corrected chi connectivity index (χ3v) is 5.52. The highest BCUT2D eigenvalue weighted by Crippen LogP contribution is 2.32. The number of amides is 2. The molecule has 8 heteroatoms. The first kappa shape index (κ1) is 19.2. The van der Waals surface area contributed by atoms with E-state index in [0.29, 0.717) is 36.7 Å². The molecule has 2 heterocycles. The molecule has 3 aromatic rings. The van der Waals surface area contributed by atoms with E-state index in [0.717, 1.165) is 27.1 Å². The summed E-state index contributed by atoms with van der Waals surface area (Å²) in [5.74, 6) is 1.38. The van der Waals surface area contributed by atoms with Gasteiger partial charge in [0, 0.05) is 19.4 Å². The summed E-state index contributed by atoms with van der Waals surface area (Å²) < 4.78 is 11.6. The molecule has 0 saturated heterocycles. The second-order valence-electron chi connectivity index (χ2n) is 6.69. The number of aromatic nitrogens is 1. The third-order valence-electron chi connectivity index (χ3n) is 4.59. The van der Waals surface area contributed by atoms with E-state index in [1.165, 1.54) is 11.3 Å². The van der Waals surface area contributed by atoms with Crippen LogP contribution in [0.5, 0.6) is 11.5 Å². The van der Waals surface area contributed by atoms with Crippen LogP contribution in [-0.4, -0.2) is 23.6 Å². The van der Waals surface area contributed by atoms with Crippen LogP contribution in [0.15, 0.2) is 36.4 Å². The first-order valence-corrected chi connectivity index (χ1v) is 10.3. The molecule has 1 aromatic heterocycles. The molecule has 0 unspecified atom stereocenters. The van der Waals surface area contributed by atoms with Gasteiger partial charge in [0.1, 0.15) is 0 Å². The highest BCUT2D eigenvalue weighted by molar-refractivity contribution is 7.22. The van der Waals surface area contributed by atoms with Gasteiger partial charge in [-0.3, -0.25) is 9.59 Å². The Balaban J connectivity index is 1.30. The number of aryl methyl sites for hydroxylation is 1. The zero-order valence-electron chi connectivity index (χ0n) is 16.0. The van der Waals surface area contributed by atoms with Crippen LogP contribution in [0.1, 0.15) is 30.9 Å². The number of thiazole rings is 1. The van der Waals surface area contributed by atoms with E-state index in [1.54, 1.807) is 6.92 Å². The van der Waals surface area contributed by atoms with Crippen molar-refractivity contribution in [3.05, 3.63) is 47.5 Å². The predicted octanol–water partition coefficient (Wildman–Crippen LogP) is 3.62. The number of benzene rings is 2. The Hall–Kier alpha value is -3.13. The minimum absolute atomic E-state index is 0.0111. The number of fused-ring (bicyclic) bond motifs is 2. The van der Waals surface area contributed by atoms with Gasteiger partial charge in [-0.2, -0.15) is 0 Å². The van der Waals surface area contributed by atoms with E-state index in [1.807, 2.05) is 36.4 Å². The fraction of sp³-hybridized carbons (Fsp3) is 0.286. The molecular formula is C21H21N3O4S. The van der Waals surface area contributed by atoms with Crippen molar-refractivity contribution in [1.82, 2.24) is 10.3 Å². The SMILES string of the molecule is CCC(=O)Nc1nc2ccc(CCC(=O)NCc3ccc4c(c3)OCO4)cc2s1. The first-order valence-electron chi connectivity index (χ1n) is 9.45. The molecule has 2 amide bonds. The normalized spacial score (nSPS) is 12.2. The van der Waals surface area contributed by atoms with Gasteiger partial charge in [-0.25, -0.2) is 4.98 Å². The van der Waals surface area contributed by atoms with Crippen LogP contribution < -0.4 is 20.1 Å². The highest BCUT2D eigenvalue weighted by Gasteiger charge is 2.13. The lowest BCUT2D eigenvalue weighted by atomic mass is 10.1. The van der Waals surface area contributed by atoms with Gasteiger partial charge in [0.2, 0.25) is 18.6 Å². The van der Waals surface area contributed by atoms with Crippen molar-refractivity contribution in [2.75, 3.05) is 12.1 Å². The van der Waals surface area contributed by atoms with Crippen molar-refractivity contribution in [3.63, 3.8) is 0 Å². The summed E-state index contributed by atoms with van der Waals surface area (Å²) in [5, 5.41) is 6.33. The van der Waals surface area contributed by atoms with E-state index >= 15 is 0 Å². The van der Waals surface area contributed by atoms with Crippen molar-refractivity contribution in [2.24, 2.45) is 0 Å². The molecular weight excluding hydrogens is 390 g/mol. The van der Waals surface area contributed by atoms with Gasteiger partial charge >= 0.3 is 0 Å². The Bertz CT molecular complexity index is 1060. The summed E-state index contributed by atoms with van der Waals surface area (Å²) in [7, 11) is 0. The Morgan fingerprint density at radius 1 is 1.07 bits per heavy atom. The van der Waals surface area contributed by atoms with Gasteiger partial charge in [0.05, 0.1) is 10.2 Å². The number of hydrogen-bond acceptors (Lipinski definition) is 6. The zero-order valence-corrected chi connectivity index (χ0v) is 16.8. The highest BCUT2D eigenvalue weighted by atomic mass is 32.1. The topological polar surface area (TPSA) is 89.6 Å². The largest absolute Gasteiger partial charge is 0.454 e. The standard InChI is InChI=1S/C21H21N3O4S/c1-2-19(25)24-21-23-15-6-3-13(10-18(15)29-21)5-8-20(26)22-11-14-4-7-16-17(9-14)28-12-27-16/h3-4,6-7,9-10H,2,5,8,11-12H2,1H3,(H,22,26)(H,23,24,25). The van der Waals surface area contributed by atoms with Gasteiger partial charge in [0.15, 0.2) is 16.6 Å². The summed E-state index contributed by atoms with van der Waals surface area (Å²) in [5.41, 5.74) is 2.88. The number of carbonyl (C=O) groups is 2. The second kappa shape index (κ2) is 8.48. The van der Waals surface area contributed by atoms with Crippen molar-refractivity contribution in [3.8, 4) is 11.5 Å². The maximum atomic E-state index is 12.2. The number of nitrogens with one attached hydrogen (secondary N) is 2. The van der Waals surface area contributed by atoms with Crippen molar-refractivity contribution >= 4 is 38.5 Å². The van der Waals surface area contributed by atoms with E-state index < -0.39 is 0 Å². The molecule has 29 heavy (non-hydrogen) atoms. The minimum atomic E-state index is -0.0524. The number of carbonyl (C=O) groups excluding carboxylic acids is 2. The van der Waals surface area contributed by atoms with Crippen LogP contribution in [0.3, 0.4) is 0 Å². The second-order valence-corrected chi connectivity index (χ2v) is 7.72. The summed E-state index contributed by atoms with van der Waals surface area (Å²) in [4.78, 5) is 28.2. The fourth-order valence-corrected chi connectivity index (χ4v) is 3.93. The van der Waals surface area contributed by atoms with E-state index in [4.69, 9.17) is 9.47 Å². The molecule has 0 atom stereocenters. The third kappa shape index (κ3) is 4.65. The maximum Gasteiger partial charge on any atom is 0.231 e. The molecule has 150 valence electrons. The number of rotatable bonds is 7. The first-order chi connectivity index (χ1) is 14.1. The Morgan fingerprint density at radius 3 is 2.76 bits per heavy atom.